The Morgan fingerprint density at radius 2 is 1.10 bits per heavy atom. The van der Waals surface area contributed by atoms with Gasteiger partial charge in [-0.25, -0.2) is 0 Å². The average molecular weight is 383 g/mol. The van der Waals surface area contributed by atoms with Crippen LogP contribution < -0.4 is 0 Å². The van der Waals surface area contributed by atoms with E-state index < -0.39 is 5.60 Å². The summed E-state index contributed by atoms with van der Waals surface area (Å²) in [5.41, 5.74) is 2.63. The van der Waals surface area contributed by atoms with Gasteiger partial charge in [0, 0.05) is 6.42 Å². The maximum absolute atomic E-state index is 7.14. The molecule has 0 heterocycles. The van der Waals surface area contributed by atoms with Crippen LogP contribution in [0, 0.1) is 18.3 Å². The van der Waals surface area contributed by atoms with E-state index in [1.807, 2.05) is 18.2 Å². The fourth-order valence-electron chi connectivity index (χ4n) is 4.18. The molecule has 0 saturated carbocycles. The summed E-state index contributed by atoms with van der Waals surface area (Å²) in [5.74, 6) is 3.27. The molecule has 0 aliphatic heterocycles. The van der Waals surface area contributed by atoms with Gasteiger partial charge in [0.25, 0.3) is 0 Å². The molecule has 1 nitrogen and oxygen atoms in total. The molecule has 29 heavy (non-hydrogen) atoms. The monoisotopic (exact) mass is 382 g/mol. The predicted octanol–water partition coefficient (Wildman–Crippen LogP) is 6.82. The van der Waals surface area contributed by atoms with Crippen LogP contribution in [0.25, 0.3) is 0 Å². The molecule has 0 saturated heterocycles. The number of hydrogen-bond acceptors (Lipinski definition) is 1. The topological polar surface area (TPSA) is 9.23 Å². The molecule has 148 valence electrons. The molecule has 0 N–H and O–H groups in total. The van der Waals surface area contributed by atoms with Crippen molar-refractivity contribution in [3.8, 4) is 12.3 Å². The smallest absolute Gasteiger partial charge is 0.144 e. The van der Waals surface area contributed by atoms with Crippen molar-refractivity contribution in [2.75, 3.05) is 0 Å². The van der Waals surface area contributed by atoms with Crippen molar-refractivity contribution in [1.82, 2.24) is 0 Å². The zero-order valence-corrected chi connectivity index (χ0v) is 17.4. The zero-order chi connectivity index (χ0) is 20.5. The van der Waals surface area contributed by atoms with Crippen molar-refractivity contribution in [2.24, 2.45) is 5.92 Å². The van der Waals surface area contributed by atoms with Crippen molar-refractivity contribution in [1.29, 1.82) is 0 Å². The van der Waals surface area contributed by atoms with Gasteiger partial charge in [0.1, 0.15) is 5.60 Å². The lowest BCUT2D eigenvalue weighted by Gasteiger charge is -2.40. The first-order chi connectivity index (χ1) is 14.3. The number of hydrogen-bond donors (Lipinski definition) is 0. The molecule has 3 aromatic carbocycles. The first kappa shape index (κ1) is 20.9. The van der Waals surface area contributed by atoms with Crippen LogP contribution in [0.1, 0.15) is 49.8 Å². The molecule has 0 bridgehead atoms. The molecule has 0 aliphatic carbocycles. The Morgan fingerprint density at radius 3 is 1.41 bits per heavy atom. The fourth-order valence-corrected chi connectivity index (χ4v) is 4.18. The molecule has 0 fully saturated rings. The van der Waals surface area contributed by atoms with Crippen LogP contribution >= 0.6 is 0 Å². The van der Waals surface area contributed by atoms with Crippen molar-refractivity contribution in [3.05, 3.63) is 108 Å². The van der Waals surface area contributed by atoms with Crippen molar-refractivity contribution in [3.63, 3.8) is 0 Å². The highest BCUT2D eigenvalue weighted by atomic mass is 16.5. The lowest BCUT2D eigenvalue weighted by molar-refractivity contribution is -0.0733. The minimum absolute atomic E-state index is 0.0318. The minimum atomic E-state index is -0.714. The van der Waals surface area contributed by atoms with Crippen molar-refractivity contribution in [2.45, 2.75) is 44.8 Å². The molecule has 0 radical (unpaired) electrons. The standard InChI is InChI=1S/C28H30O/c1-4-16-27(23(5-2)6-3)29-28(24-17-10-7-11-18-24,25-19-12-8-13-20-25)26-21-14-9-15-22-26/h1,7-15,17-23,27H,5-6,16H2,2-3H3. The molecule has 0 spiro atoms. The van der Waals surface area contributed by atoms with Gasteiger partial charge >= 0.3 is 0 Å². The van der Waals surface area contributed by atoms with Gasteiger partial charge in [-0.05, 0) is 22.6 Å². The highest BCUT2D eigenvalue weighted by molar-refractivity contribution is 5.47. The van der Waals surface area contributed by atoms with E-state index in [4.69, 9.17) is 11.2 Å². The van der Waals surface area contributed by atoms with E-state index in [2.05, 4.69) is 92.6 Å². The Hall–Kier alpha value is -2.82. The number of rotatable bonds is 9. The number of benzene rings is 3. The molecule has 3 aromatic rings. The second-order valence-corrected chi connectivity index (χ2v) is 7.42. The summed E-state index contributed by atoms with van der Waals surface area (Å²) >= 11 is 0. The van der Waals surface area contributed by atoms with E-state index in [1.54, 1.807) is 0 Å². The van der Waals surface area contributed by atoms with Crippen molar-refractivity contribution < 1.29 is 4.74 Å². The van der Waals surface area contributed by atoms with Crippen LogP contribution in [0.15, 0.2) is 91.0 Å². The Kier molecular flexibility index (Phi) is 7.28. The van der Waals surface area contributed by atoms with Crippen LogP contribution in [0.3, 0.4) is 0 Å². The van der Waals surface area contributed by atoms with Crippen LogP contribution in [-0.4, -0.2) is 6.10 Å². The van der Waals surface area contributed by atoms with E-state index in [-0.39, 0.29) is 6.10 Å². The van der Waals surface area contributed by atoms with Crippen LogP contribution in [0.2, 0.25) is 0 Å². The fraction of sp³-hybridized carbons (Fsp3) is 0.286. The molecule has 0 amide bonds. The lowest BCUT2D eigenvalue weighted by atomic mass is 9.79. The Balaban J connectivity index is 2.26. The van der Waals surface area contributed by atoms with E-state index in [0.29, 0.717) is 12.3 Å². The van der Waals surface area contributed by atoms with Gasteiger partial charge in [-0.15, -0.1) is 12.3 Å². The van der Waals surface area contributed by atoms with Gasteiger partial charge in [-0.2, -0.15) is 0 Å². The van der Waals surface area contributed by atoms with Crippen LogP contribution in [0.4, 0.5) is 0 Å². The number of terminal acetylenes is 1. The quantitative estimate of drug-likeness (QED) is 0.291. The van der Waals surface area contributed by atoms with E-state index in [9.17, 15) is 0 Å². The normalized spacial score (nSPS) is 12.5. The van der Waals surface area contributed by atoms with Crippen LogP contribution in [0.5, 0.6) is 0 Å². The Labute approximate surface area is 175 Å². The molecule has 0 aromatic heterocycles. The third-order valence-corrected chi connectivity index (χ3v) is 5.76. The summed E-state index contributed by atoms with van der Waals surface area (Å²) in [7, 11) is 0. The van der Waals surface area contributed by atoms with Gasteiger partial charge in [0.2, 0.25) is 0 Å². The largest absolute Gasteiger partial charge is 0.356 e. The Bertz CT molecular complexity index is 793. The second-order valence-electron chi connectivity index (χ2n) is 7.42. The summed E-state index contributed by atoms with van der Waals surface area (Å²) in [6, 6.07) is 31.5. The van der Waals surface area contributed by atoms with Gasteiger partial charge in [0.05, 0.1) is 6.10 Å². The maximum Gasteiger partial charge on any atom is 0.144 e. The highest BCUT2D eigenvalue weighted by Crippen LogP contribution is 2.43. The molecular weight excluding hydrogens is 352 g/mol. The summed E-state index contributed by atoms with van der Waals surface area (Å²) < 4.78 is 7.14. The molecule has 0 aliphatic rings. The third kappa shape index (κ3) is 4.44. The van der Waals surface area contributed by atoms with Gasteiger partial charge in [-0.1, -0.05) is 118 Å². The van der Waals surface area contributed by atoms with E-state index in [1.165, 1.54) is 0 Å². The van der Waals surface area contributed by atoms with E-state index >= 15 is 0 Å². The average Bonchev–Trinajstić information content (AvgIpc) is 2.80. The molecule has 1 heteroatoms. The SMILES string of the molecule is C#CCC(OC(c1ccccc1)(c1ccccc1)c1ccccc1)C(CC)CC. The first-order valence-corrected chi connectivity index (χ1v) is 10.5. The summed E-state index contributed by atoms with van der Waals surface area (Å²) in [4.78, 5) is 0. The number of ether oxygens (including phenoxy) is 1. The Morgan fingerprint density at radius 1 is 0.724 bits per heavy atom. The molecule has 1 atom stereocenters. The lowest BCUT2D eigenvalue weighted by Crippen LogP contribution is -2.39. The van der Waals surface area contributed by atoms with Gasteiger partial charge in [-0.3, -0.25) is 0 Å². The minimum Gasteiger partial charge on any atom is -0.356 e. The predicted molar refractivity (Wildman–Crippen MR) is 122 cm³/mol. The molecular formula is C28H30O. The van der Waals surface area contributed by atoms with Crippen molar-refractivity contribution >= 4 is 0 Å². The second kappa shape index (κ2) is 10.1. The van der Waals surface area contributed by atoms with Gasteiger partial charge < -0.3 is 4.74 Å². The third-order valence-electron chi connectivity index (χ3n) is 5.76. The molecule has 3 rings (SSSR count). The maximum atomic E-state index is 7.14. The van der Waals surface area contributed by atoms with E-state index in [0.717, 1.165) is 29.5 Å². The zero-order valence-electron chi connectivity index (χ0n) is 17.4. The van der Waals surface area contributed by atoms with Gasteiger partial charge in [0.15, 0.2) is 0 Å². The summed E-state index contributed by atoms with van der Waals surface area (Å²) in [5, 5.41) is 0. The molecule has 1 unspecified atom stereocenters. The van der Waals surface area contributed by atoms with Crippen LogP contribution in [-0.2, 0) is 10.3 Å². The highest BCUT2D eigenvalue weighted by Gasteiger charge is 2.40. The summed E-state index contributed by atoms with van der Waals surface area (Å²) in [6.45, 7) is 4.44. The first-order valence-electron chi connectivity index (χ1n) is 10.5. The summed E-state index contributed by atoms with van der Waals surface area (Å²) in [6.07, 6.45) is 8.43.